The van der Waals surface area contributed by atoms with E-state index in [4.69, 9.17) is 23.7 Å². The van der Waals surface area contributed by atoms with Gasteiger partial charge in [0.05, 0.1) is 20.3 Å². The van der Waals surface area contributed by atoms with Crippen LogP contribution in [-0.4, -0.2) is 158 Å². The van der Waals surface area contributed by atoms with Gasteiger partial charge in [0.25, 0.3) is 0 Å². The fourth-order valence-electron chi connectivity index (χ4n) is 3.84. The Morgan fingerprint density at radius 1 is 0.794 bits per heavy atom. The first-order valence-corrected chi connectivity index (χ1v) is 10.4. The van der Waals surface area contributed by atoms with Crippen LogP contribution < -0.4 is 0 Å². The van der Waals surface area contributed by atoms with Crippen LogP contribution in [0.1, 0.15) is 0 Å². The minimum atomic E-state index is -2.04. The summed E-state index contributed by atoms with van der Waals surface area (Å²) in [5, 5.41) is 90.3. The first-order valence-electron chi connectivity index (χ1n) is 10.4. The number of rotatable bonds is 6. The average molecular weight is 502 g/mol. The lowest BCUT2D eigenvalue weighted by molar-refractivity contribution is -0.379. The second kappa shape index (κ2) is 11.3. The molecule has 3 fully saturated rings. The maximum atomic E-state index is 12.0. The Balaban J connectivity index is 1.84. The molecule has 16 nitrogen and oxygen atoms in total. The van der Waals surface area contributed by atoms with Crippen LogP contribution in [0, 0.1) is 0 Å². The lowest BCUT2D eigenvalue weighted by Gasteiger charge is -2.47. The van der Waals surface area contributed by atoms with E-state index < -0.39 is 105 Å². The zero-order valence-corrected chi connectivity index (χ0v) is 17.9. The standard InChI is InChI=1S/C18H30O16/c1-29-15(27)13-11(26)12(33-17-9(24)6(21)4(20)3-30-17)14(16(28)32-13)34-18-10(25)8(23)7(22)5(2-19)31-18/h4-14,16-26,28H,2-3H2,1H3/t4-,5-,6+,7+,8+,9-,10-,11+,12+,13+,14-,16-,17+,18+/m1/s1. The van der Waals surface area contributed by atoms with E-state index in [0.717, 1.165) is 7.11 Å². The average Bonchev–Trinajstić information content (AvgIpc) is 2.82. The highest BCUT2D eigenvalue weighted by molar-refractivity contribution is 5.75. The lowest BCUT2D eigenvalue weighted by atomic mass is 9.96. The molecule has 0 aromatic rings. The molecule has 9 N–H and O–H groups in total. The Hall–Kier alpha value is -1.09. The Kier molecular flexibility index (Phi) is 9.15. The van der Waals surface area contributed by atoms with Gasteiger partial charge in [-0.3, -0.25) is 0 Å². The predicted octanol–water partition coefficient (Wildman–Crippen LogP) is -6.75. The molecule has 0 aromatic heterocycles. The highest BCUT2D eigenvalue weighted by Gasteiger charge is 2.54. The Morgan fingerprint density at radius 3 is 2.03 bits per heavy atom. The van der Waals surface area contributed by atoms with Crippen LogP contribution in [0.25, 0.3) is 0 Å². The molecular formula is C18H30O16. The van der Waals surface area contributed by atoms with Crippen LogP contribution >= 0.6 is 0 Å². The molecule has 0 amide bonds. The molecule has 0 bridgehead atoms. The molecule has 3 rings (SSSR count). The fourth-order valence-corrected chi connectivity index (χ4v) is 3.84. The monoisotopic (exact) mass is 502 g/mol. The van der Waals surface area contributed by atoms with Crippen LogP contribution in [0.5, 0.6) is 0 Å². The Labute approximate surface area is 192 Å². The van der Waals surface area contributed by atoms with Crippen molar-refractivity contribution < 1.29 is 79.2 Å². The van der Waals surface area contributed by atoms with Crippen molar-refractivity contribution in [3.05, 3.63) is 0 Å². The van der Waals surface area contributed by atoms with E-state index in [-0.39, 0.29) is 0 Å². The van der Waals surface area contributed by atoms with Gasteiger partial charge in [0.15, 0.2) is 25.0 Å². The van der Waals surface area contributed by atoms with Gasteiger partial charge >= 0.3 is 5.97 Å². The van der Waals surface area contributed by atoms with Crippen molar-refractivity contribution in [2.75, 3.05) is 20.3 Å². The largest absolute Gasteiger partial charge is 0.467 e. The Bertz CT molecular complexity index is 678. The summed E-state index contributed by atoms with van der Waals surface area (Å²) < 4.78 is 30.9. The maximum Gasteiger partial charge on any atom is 0.337 e. The summed E-state index contributed by atoms with van der Waals surface area (Å²) in [6.45, 7) is -1.24. The van der Waals surface area contributed by atoms with E-state index in [0.29, 0.717) is 0 Å². The molecule has 16 heteroatoms. The third-order valence-corrected chi connectivity index (χ3v) is 5.86. The molecular weight excluding hydrogens is 472 g/mol. The van der Waals surface area contributed by atoms with Gasteiger partial charge in [0.1, 0.15) is 61.0 Å². The van der Waals surface area contributed by atoms with E-state index >= 15 is 0 Å². The summed E-state index contributed by atoms with van der Waals surface area (Å²) in [6, 6.07) is 0. The van der Waals surface area contributed by atoms with Crippen molar-refractivity contribution in [2.45, 2.75) is 86.0 Å². The first-order chi connectivity index (χ1) is 16.0. The number of methoxy groups -OCH3 is 1. The summed E-state index contributed by atoms with van der Waals surface area (Å²) in [4.78, 5) is 12.0. The Morgan fingerprint density at radius 2 is 1.41 bits per heavy atom. The molecule has 34 heavy (non-hydrogen) atoms. The number of hydrogen-bond acceptors (Lipinski definition) is 16. The van der Waals surface area contributed by atoms with E-state index in [2.05, 4.69) is 4.74 Å². The van der Waals surface area contributed by atoms with Crippen LogP contribution in [0.3, 0.4) is 0 Å². The third kappa shape index (κ3) is 5.35. The lowest BCUT2D eigenvalue weighted by Crippen LogP contribution is -2.66. The number of ether oxygens (including phenoxy) is 6. The molecule has 14 atom stereocenters. The van der Waals surface area contributed by atoms with Crippen molar-refractivity contribution in [1.29, 1.82) is 0 Å². The van der Waals surface area contributed by atoms with Crippen LogP contribution in [0.4, 0.5) is 0 Å². The molecule has 0 aromatic carbocycles. The van der Waals surface area contributed by atoms with E-state index in [9.17, 15) is 50.8 Å². The molecule has 3 heterocycles. The third-order valence-electron chi connectivity index (χ3n) is 5.86. The van der Waals surface area contributed by atoms with Gasteiger partial charge in [0, 0.05) is 0 Å². The second-order valence-electron chi connectivity index (χ2n) is 8.11. The zero-order valence-electron chi connectivity index (χ0n) is 17.9. The van der Waals surface area contributed by atoms with E-state index in [1.54, 1.807) is 0 Å². The topological polar surface area (TPSA) is 255 Å². The number of carbonyl (C=O) groups excluding carboxylic acids is 1. The summed E-state index contributed by atoms with van der Waals surface area (Å²) >= 11 is 0. The number of hydrogen-bond donors (Lipinski definition) is 9. The summed E-state index contributed by atoms with van der Waals surface area (Å²) in [6.07, 6.45) is -24.5. The predicted molar refractivity (Wildman–Crippen MR) is 100 cm³/mol. The number of carbonyl (C=O) groups is 1. The second-order valence-corrected chi connectivity index (χ2v) is 8.11. The number of aliphatic hydroxyl groups is 9. The highest BCUT2D eigenvalue weighted by atomic mass is 16.8. The SMILES string of the molecule is COC(=O)[C@H]1O[C@@H](O)[C@H](O[C@@H]2O[C@H](CO)[C@H](O)[C@H](O)[C@H]2O)[C@@H](O[C@@H]2OC[C@@H](O)[C@H](O)[C@H]2O)[C@@H]1O. The molecule has 198 valence electrons. The zero-order chi connectivity index (χ0) is 25.3. The van der Waals surface area contributed by atoms with Gasteiger partial charge in [-0.1, -0.05) is 0 Å². The van der Waals surface area contributed by atoms with Crippen molar-refractivity contribution >= 4 is 5.97 Å². The highest BCUT2D eigenvalue weighted by Crippen LogP contribution is 2.32. The molecule has 0 saturated carbocycles. The summed E-state index contributed by atoms with van der Waals surface area (Å²) in [5.74, 6) is -1.10. The maximum absolute atomic E-state index is 12.0. The van der Waals surface area contributed by atoms with Gasteiger partial charge in [-0.2, -0.15) is 0 Å². The van der Waals surface area contributed by atoms with Crippen LogP contribution in [0.2, 0.25) is 0 Å². The quantitative estimate of drug-likeness (QED) is 0.153. The van der Waals surface area contributed by atoms with Gasteiger partial charge in [-0.05, 0) is 0 Å². The van der Waals surface area contributed by atoms with Crippen LogP contribution in [0.15, 0.2) is 0 Å². The van der Waals surface area contributed by atoms with Crippen molar-refractivity contribution in [3.8, 4) is 0 Å². The molecule has 3 saturated heterocycles. The van der Waals surface area contributed by atoms with E-state index in [1.165, 1.54) is 0 Å². The number of aliphatic hydroxyl groups excluding tert-OH is 9. The summed E-state index contributed by atoms with van der Waals surface area (Å²) in [7, 11) is 0.989. The van der Waals surface area contributed by atoms with Crippen molar-refractivity contribution in [1.82, 2.24) is 0 Å². The smallest absolute Gasteiger partial charge is 0.337 e. The molecule has 0 spiro atoms. The van der Waals surface area contributed by atoms with Gasteiger partial charge in [-0.25, -0.2) is 4.79 Å². The van der Waals surface area contributed by atoms with Crippen LogP contribution in [-0.2, 0) is 33.2 Å². The molecule has 0 unspecified atom stereocenters. The first kappa shape index (κ1) is 27.5. The molecule has 3 aliphatic heterocycles. The van der Waals surface area contributed by atoms with Crippen molar-refractivity contribution in [2.24, 2.45) is 0 Å². The molecule has 0 aliphatic carbocycles. The number of esters is 1. The van der Waals surface area contributed by atoms with Crippen molar-refractivity contribution in [3.63, 3.8) is 0 Å². The van der Waals surface area contributed by atoms with Gasteiger partial charge in [0.2, 0.25) is 0 Å². The summed E-state index contributed by atoms with van der Waals surface area (Å²) in [5.41, 5.74) is 0. The molecule has 0 radical (unpaired) electrons. The minimum Gasteiger partial charge on any atom is -0.467 e. The van der Waals surface area contributed by atoms with E-state index in [1.807, 2.05) is 0 Å². The van der Waals surface area contributed by atoms with Gasteiger partial charge in [-0.15, -0.1) is 0 Å². The minimum absolute atomic E-state index is 0.469. The fraction of sp³-hybridized carbons (Fsp3) is 0.944. The normalized spacial score (nSPS) is 50.1. The van der Waals surface area contributed by atoms with Gasteiger partial charge < -0.3 is 74.4 Å². The molecule has 3 aliphatic rings.